The third-order valence-electron chi connectivity index (χ3n) is 6.21. The Hall–Kier alpha value is -4.50. The summed E-state index contributed by atoms with van der Waals surface area (Å²) in [5.74, 6) is -4.13. The number of aromatic amines is 1. The number of carboxylic acids is 1. The van der Waals surface area contributed by atoms with Crippen LogP contribution < -0.4 is 33.2 Å². The van der Waals surface area contributed by atoms with Crippen molar-refractivity contribution < 1.29 is 34.2 Å². The van der Waals surface area contributed by atoms with Crippen LogP contribution in [0.5, 0.6) is 5.75 Å². The predicted octanol–water partition coefficient (Wildman–Crippen LogP) is -1.84. The van der Waals surface area contributed by atoms with Crippen LogP contribution in [0, 0.1) is 0 Å². The molecule has 1 aromatic heterocycles. The van der Waals surface area contributed by atoms with Crippen molar-refractivity contribution in [2.75, 3.05) is 6.54 Å². The number of primary amides is 1. The number of imidazole rings is 1. The highest BCUT2D eigenvalue weighted by Crippen LogP contribution is 2.11. The van der Waals surface area contributed by atoms with Crippen molar-refractivity contribution in [2.24, 2.45) is 17.2 Å². The second-order valence-electron chi connectivity index (χ2n) is 9.57. The Morgan fingerprint density at radius 2 is 1.49 bits per heavy atom. The summed E-state index contributed by atoms with van der Waals surface area (Å²) >= 11 is 0. The van der Waals surface area contributed by atoms with Crippen LogP contribution in [0.25, 0.3) is 0 Å². The molecule has 0 spiro atoms. The number of benzene rings is 1. The fourth-order valence-corrected chi connectivity index (χ4v) is 3.94. The first-order chi connectivity index (χ1) is 19.5. The number of carbonyl (C=O) groups is 5. The van der Waals surface area contributed by atoms with Crippen LogP contribution in [0.3, 0.4) is 0 Å². The largest absolute Gasteiger partial charge is 0.508 e. The van der Waals surface area contributed by atoms with Gasteiger partial charge in [0.1, 0.15) is 23.9 Å². The van der Waals surface area contributed by atoms with Gasteiger partial charge in [0.2, 0.25) is 23.6 Å². The lowest BCUT2D eigenvalue weighted by Crippen LogP contribution is -2.57. The van der Waals surface area contributed by atoms with Crippen molar-refractivity contribution in [1.29, 1.82) is 0 Å². The number of carboxylic acid groups (broad SMARTS) is 1. The van der Waals surface area contributed by atoms with Gasteiger partial charge >= 0.3 is 5.97 Å². The lowest BCUT2D eigenvalue weighted by Gasteiger charge is -2.25. The van der Waals surface area contributed by atoms with E-state index in [1.165, 1.54) is 24.7 Å². The van der Waals surface area contributed by atoms with Crippen molar-refractivity contribution in [2.45, 2.75) is 69.1 Å². The van der Waals surface area contributed by atoms with E-state index in [9.17, 15) is 34.2 Å². The number of aromatic hydroxyl groups is 1. The molecule has 0 radical (unpaired) electrons. The van der Waals surface area contributed by atoms with Gasteiger partial charge in [0.25, 0.3) is 0 Å². The SMILES string of the molecule is NCCCCC(NC(=O)C(CCC(N)=O)NC(=O)C(N)Cc1ccc(O)cc1)C(=O)NC(Cc1cnc[nH]1)C(=O)O. The number of aliphatic carboxylic acids is 1. The molecule has 15 heteroatoms. The molecule has 224 valence electrons. The lowest BCUT2D eigenvalue weighted by atomic mass is 10.0. The van der Waals surface area contributed by atoms with E-state index in [4.69, 9.17) is 17.2 Å². The van der Waals surface area contributed by atoms with Gasteiger partial charge in [-0.2, -0.15) is 0 Å². The minimum absolute atomic E-state index is 0.0518. The molecule has 1 heterocycles. The molecule has 15 nitrogen and oxygen atoms in total. The number of nitrogens with zero attached hydrogens (tertiary/aromatic N) is 1. The zero-order chi connectivity index (χ0) is 30.4. The first-order valence-electron chi connectivity index (χ1n) is 13.1. The Bertz CT molecular complexity index is 1160. The van der Waals surface area contributed by atoms with E-state index in [0.29, 0.717) is 30.6 Å². The molecule has 4 unspecified atom stereocenters. The van der Waals surface area contributed by atoms with E-state index in [2.05, 4.69) is 25.9 Å². The summed E-state index contributed by atoms with van der Waals surface area (Å²) in [6, 6.07) is 1.31. The van der Waals surface area contributed by atoms with E-state index in [1.54, 1.807) is 12.1 Å². The Kier molecular flexibility index (Phi) is 13.2. The van der Waals surface area contributed by atoms with Crippen LogP contribution in [0.15, 0.2) is 36.8 Å². The van der Waals surface area contributed by atoms with Crippen molar-refractivity contribution in [3.05, 3.63) is 48.0 Å². The number of unbranched alkanes of at least 4 members (excludes halogenated alkanes) is 1. The number of H-pyrrole nitrogens is 1. The maximum atomic E-state index is 13.3. The number of hydrogen-bond acceptors (Lipinski definition) is 9. The zero-order valence-electron chi connectivity index (χ0n) is 22.5. The molecule has 0 saturated carbocycles. The molecule has 0 aliphatic heterocycles. The van der Waals surface area contributed by atoms with Gasteiger partial charge in [-0.05, 0) is 56.3 Å². The van der Waals surface area contributed by atoms with Crippen LogP contribution in [0.1, 0.15) is 43.4 Å². The maximum Gasteiger partial charge on any atom is 0.326 e. The van der Waals surface area contributed by atoms with E-state index >= 15 is 0 Å². The van der Waals surface area contributed by atoms with Gasteiger partial charge in [-0.3, -0.25) is 19.2 Å². The number of aromatic nitrogens is 2. The second-order valence-corrected chi connectivity index (χ2v) is 9.57. The minimum atomic E-state index is -1.31. The second kappa shape index (κ2) is 16.6. The average Bonchev–Trinajstić information content (AvgIpc) is 3.44. The van der Waals surface area contributed by atoms with Gasteiger partial charge in [-0.15, -0.1) is 0 Å². The monoisotopic (exact) mass is 574 g/mol. The highest BCUT2D eigenvalue weighted by molar-refractivity contribution is 5.94. The normalized spacial score (nSPS) is 13.8. The number of amides is 4. The van der Waals surface area contributed by atoms with E-state index in [0.717, 1.165) is 0 Å². The summed E-state index contributed by atoms with van der Waals surface area (Å²) in [6.07, 6.45) is 3.58. The van der Waals surface area contributed by atoms with Gasteiger partial charge in [-0.25, -0.2) is 9.78 Å². The van der Waals surface area contributed by atoms with E-state index in [-0.39, 0.29) is 37.9 Å². The Balaban J connectivity index is 2.13. The summed E-state index contributed by atoms with van der Waals surface area (Å²) in [6.45, 7) is 0.343. The number of nitrogens with two attached hydrogens (primary N) is 3. The third-order valence-corrected chi connectivity index (χ3v) is 6.21. The number of hydrogen-bond donors (Lipinski definition) is 9. The fourth-order valence-electron chi connectivity index (χ4n) is 3.94. The molecule has 2 aromatic rings. The molecule has 0 aliphatic rings. The summed E-state index contributed by atoms with van der Waals surface area (Å²) in [5.41, 5.74) is 18.0. The van der Waals surface area contributed by atoms with Gasteiger partial charge in [0, 0.05) is 24.7 Å². The first-order valence-corrected chi connectivity index (χ1v) is 13.1. The van der Waals surface area contributed by atoms with Gasteiger partial charge < -0.3 is 48.3 Å². The molecule has 0 saturated heterocycles. The lowest BCUT2D eigenvalue weighted by molar-refractivity contribution is -0.142. The zero-order valence-corrected chi connectivity index (χ0v) is 22.5. The molecular formula is C26H38N8O7. The summed E-state index contributed by atoms with van der Waals surface area (Å²) in [7, 11) is 0. The molecule has 12 N–H and O–H groups in total. The summed E-state index contributed by atoms with van der Waals surface area (Å²) in [4.78, 5) is 69.0. The molecule has 41 heavy (non-hydrogen) atoms. The predicted molar refractivity (Wildman–Crippen MR) is 147 cm³/mol. The van der Waals surface area contributed by atoms with Gasteiger partial charge in [0.05, 0.1) is 12.4 Å². The molecule has 1 aromatic carbocycles. The highest BCUT2D eigenvalue weighted by Gasteiger charge is 2.30. The van der Waals surface area contributed by atoms with Crippen LogP contribution in [0.2, 0.25) is 0 Å². The topological polar surface area (TPSA) is 269 Å². The summed E-state index contributed by atoms with van der Waals surface area (Å²) < 4.78 is 0. The number of rotatable bonds is 18. The molecule has 0 bridgehead atoms. The van der Waals surface area contributed by atoms with Crippen molar-refractivity contribution in [3.8, 4) is 5.75 Å². The number of carbonyl (C=O) groups excluding carboxylic acids is 4. The number of nitrogens with one attached hydrogen (secondary N) is 4. The molecule has 2 rings (SSSR count). The van der Waals surface area contributed by atoms with E-state index < -0.39 is 53.8 Å². The standard InChI is InChI=1S/C26H38N8O7/c27-10-2-1-3-19(24(38)34-21(26(40)41)12-16-13-30-14-31-16)33-25(39)20(8-9-22(29)36)32-23(37)18(28)11-15-4-6-17(35)7-5-15/h4-7,13-14,18-21,35H,1-3,8-12,27-28H2,(H2,29,36)(H,30,31)(H,32,37)(H,33,39)(H,34,38)(H,40,41). The quantitative estimate of drug-likeness (QED) is 0.0897. The smallest absolute Gasteiger partial charge is 0.326 e. The number of phenols is 1. The minimum Gasteiger partial charge on any atom is -0.508 e. The molecule has 0 aliphatic carbocycles. The van der Waals surface area contributed by atoms with Crippen LogP contribution >= 0.6 is 0 Å². The third kappa shape index (κ3) is 11.6. The average molecular weight is 575 g/mol. The highest BCUT2D eigenvalue weighted by atomic mass is 16.4. The Labute approximate surface area is 236 Å². The fraction of sp³-hybridized carbons (Fsp3) is 0.462. The number of phenolic OH excluding ortho intramolecular Hbond substituents is 1. The Morgan fingerprint density at radius 1 is 0.878 bits per heavy atom. The van der Waals surface area contributed by atoms with Crippen LogP contribution in [0.4, 0.5) is 0 Å². The van der Waals surface area contributed by atoms with Gasteiger partial charge in [-0.1, -0.05) is 12.1 Å². The van der Waals surface area contributed by atoms with E-state index in [1.807, 2.05) is 0 Å². The maximum absolute atomic E-state index is 13.3. The van der Waals surface area contributed by atoms with Crippen molar-refractivity contribution in [3.63, 3.8) is 0 Å². The first kappa shape index (κ1) is 32.7. The Morgan fingerprint density at radius 3 is 2.05 bits per heavy atom. The molecule has 4 atom stereocenters. The summed E-state index contributed by atoms with van der Waals surface area (Å²) in [5, 5.41) is 26.6. The molecule has 0 fully saturated rings. The van der Waals surface area contributed by atoms with Crippen LogP contribution in [-0.4, -0.2) is 80.5 Å². The molecular weight excluding hydrogens is 536 g/mol. The molecule has 4 amide bonds. The van der Waals surface area contributed by atoms with Crippen LogP contribution in [-0.2, 0) is 36.8 Å². The van der Waals surface area contributed by atoms with Crippen molar-refractivity contribution >= 4 is 29.6 Å². The van der Waals surface area contributed by atoms with Crippen molar-refractivity contribution in [1.82, 2.24) is 25.9 Å². The van der Waals surface area contributed by atoms with Gasteiger partial charge in [0.15, 0.2) is 0 Å².